The summed E-state index contributed by atoms with van der Waals surface area (Å²) in [5.74, 6) is 0.833. The number of hydrogen-bond donors (Lipinski definition) is 1. The lowest BCUT2D eigenvalue weighted by Gasteiger charge is -2.18. The van der Waals surface area contributed by atoms with E-state index >= 15 is 0 Å². The zero-order valence-electron chi connectivity index (χ0n) is 12.0. The molecule has 1 unspecified atom stereocenters. The second-order valence-electron chi connectivity index (χ2n) is 4.91. The molecule has 0 radical (unpaired) electrons. The molecule has 1 aliphatic rings. The maximum absolute atomic E-state index is 6.02. The quantitative estimate of drug-likeness (QED) is 0.631. The van der Waals surface area contributed by atoms with Crippen LogP contribution in [0.4, 0.5) is 5.69 Å². The molecule has 20 heavy (non-hydrogen) atoms. The first-order valence-corrected chi connectivity index (χ1v) is 7.13. The SMILES string of the molecule is CC1=CCC(Oc2ccccc2N=CCCCN)C=C1. The summed E-state index contributed by atoms with van der Waals surface area (Å²) >= 11 is 0. The summed E-state index contributed by atoms with van der Waals surface area (Å²) in [5, 5.41) is 0. The van der Waals surface area contributed by atoms with Gasteiger partial charge in [0.15, 0.2) is 0 Å². The van der Waals surface area contributed by atoms with Gasteiger partial charge in [0.1, 0.15) is 17.5 Å². The number of rotatable bonds is 6. The molecular formula is C17H22N2O. The fraction of sp³-hybridized carbons (Fsp3) is 0.353. The first-order chi connectivity index (χ1) is 9.79. The smallest absolute Gasteiger partial charge is 0.145 e. The van der Waals surface area contributed by atoms with E-state index in [9.17, 15) is 0 Å². The Bertz CT molecular complexity index is 517. The predicted octanol–water partition coefficient (Wildman–Crippen LogP) is 3.78. The number of benzene rings is 1. The highest BCUT2D eigenvalue weighted by Gasteiger charge is 2.10. The van der Waals surface area contributed by atoms with Crippen molar-refractivity contribution in [3.63, 3.8) is 0 Å². The van der Waals surface area contributed by atoms with Gasteiger partial charge in [0.2, 0.25) is 0 Å². The van der Waals surface area contributed by atoms with Crippen molar-refractivity contribution in [3.05, 3.63) is 48.1 Å². The first-order valence-electron chi connectivity index (χ1n) is 7.13. The van der Waals surface area contributed by atoms with Crippen molar-refractivity contribution in [3.8, 4) is 5.75 Å². The summed E-state index contributed by atoms with van der Waals surface area (Å²) in [6.45, 7) is 2.80. The van der Waals surface area contributed by atoms with Crippen LogP contribution in [0.15, 0.2) is 53.1 Å². The van der Waals surface area contributed by atoms with Gasteiger partial charge in [-0.3, -0.25) is 4.99 Å². The molecular weight excluding hydrogens is 248 g/mol. The van der Waals surface area contributed by atoms with E-state index in [1.54, 1.807) is 0 Å². The van der Waals surface area contributed by atoms with Crippen molar-refractivity contribution >= 4 is 11.9 Å². The highest BCUT2D eigenvalue weighted by Crippen LogP contribution is 2.29. The third-order valence-corrected chi connectivity index (χ3v) is 3.16. The minimum atomic E-state index is 0.0964. The monoisotopic (exact) mass is 270 g/mol. The van der Waals surface area contributed by atoms with Crippen LogP contribution >= 0.6 is 0 Å². The summed E-state index contributed by atoms with van der Waals surface area (Å²) in [5.41, 5.74) is 7.64. The lowest BCUT2D eigenvalue weighted by atomic mass is 10.1. The van der Waals surface area contributed by atoms with Crippen LogP contribution in [0.2, 0.25) is 0 Å². The van der Waals surface area contributed by atoms with Crippen LogP contribution in [0.3, 0.4) is 0 Å². The maximum Gasteiger partial charge on any atom is 0.145 e. The topological polar surface area (TPSA) is 47.6 Å². The molecule has 0 heterocycles. The van der Waals surface area contributed by atoms with Crippen molar-refractivity contribution in [2.24, 2.45) is 10.7 Å². The van der Waals surface area contributed by atoms with Gasteiger partial charge in [-0.2, -0.15) is 0 Å². The van der Waals surface area contributed by atoms with E-state index in [0.29, 0.717) is 6.54 Å². The van der Waals surface area contributed by atoms with Crippen LogP contribution in [-0.2, 0) is 0 Å². The van der Waals surface area contributed by atoms with E-state index in [1.165, 1.54) is 5.57 Å². The normalized spacial score (nSPS) is 18.3. The summed E-state index contributed by atoms with van der Waals surface area (Å²) < 4.78 is 6.02. The Morgan fingerprint density at radius 2 is 2.25 bits per heavy atom. The van der Waals surface area contributed by atoms with Crippen LogP contribution in [0.1, 0.15) is 26.2 Å². The standard InChI is InChI=1S/C17H22N2O/c1-14-8-10-15(11-9-14)20-17-7-3-2-6-16(17)19-13-5-4-12-18/h2-3,6-10,13,15H,4-5,11-12,18H2,1H3. The zero-order valence-corrected chi connectivity index (χ0v) is 12.0. The van der Waals surface area contributed by atoms with E-state index in [2.05, 4.69) is 30.1 Å². The highest BCUT2D eigenvalue weighted by molar-refractivity contribution is 5.66. The number of para-hydroxylation sites is 2. The van der Waals surface area contributed by atoms with E-state index in [4.69, 9.17) is 10.5 Å². The molecule has 1 aromatic rings. The largest absolute Gasteiger partial charge is 0.484 e. The number of ether oxygens (including phenoxy) is 1. The molecule has 0 bridgehead atoms. The number of nitrogens with two attached hydrogens (primary N) is 1. The second-order valence-corrected chi connectivity index (χ2v) is 4.91. The Morgan fingerprint density at radius 3 is 3.00 bits per heavy atom. The van der Waals surface area contributed by atoms with Crippen molar-refractivity contribution < 1.29 is 4.74 Å². The first kappa shape index (κ1) is 14.5. The van der Waals surface area contributed by atoms with Crippen LogP contribution in [0.5, 0.6) is 5.75 Å². The Morgan fingerprint density at radius 1 is 1.40 bits per heavy atom. The van der Waals surface area contributed by atoms with Gasteiger partial charge in [0, 0.05) is 12.6 Å². The fourth-order valence-electron chi connectivity index (χ4n) is 1.99. The summed E-state index contributed by atoms with van der Waals surface area (Å²) in [6.07, 6.45) is 11.2. The molecule has 0 saturated heterocycles. The van der Waals surface area contributed by atoms with Crippen molar-refractivity contribution in [1.29, 1.82) is 0 Å². The second kappa shape index (κ2) is 7.65. The molecule has 1 aromatic carbocycles. The summed E-state index contributed by atoms with van der Waals surface area (Å²) in [7, 11) is 0. The Kier molecular flexibility index (Phi) is 5.56. The average molecular weight is 270 g/mol. The molecule has 2 N–H and O–H groups in total. The van der Waals surface area contributed by atoms with E-state index < -0.39 is 0 Å². The van der Waals surface area contributed by atoms with E-state index in [-0.39, 0.29) is 6.10 Å². The third-order valence-electron chi connectivity index (χ3n) is 3.16. The number of unbranched alkanes of at least 4 members (excludes halogenated alkanes) is 1. The number of allylic oxidation sites excluding steroid dienone is 2. The van der Waals surface area contributed by atoms with Gasteiger partial charge in [-0.05, 0) is 44.5 Å². The number of hydrogen-bond acceptors (Lipinski definition) is 3. The molecule has 2 rings (SSSR count). The molecule has 1 aliphatic carbocycles. The molecule has 0 aromatic heterocycles. The van der Waals surface area contributed by atoms with Gasteiger partial charge in [-0.1, -0.05) is 29.9 Å². The average Bonchev–Trinajstić information content (AvgIpc) is 2.47. The summed E-state index contributed by atoms with van der Waals surface area (Å²) in [4.78, 5) is 4.48. The highest BCUT2D eigenvalue weighted by atomic mass is 16.5. The fourth-order valence-corrected chi connectivity index (χ4v) is 1.99. The molecule has 0 aliphatic heterocycles. The summed E-state index contributed by atoms with van der Waals surface area (Å²) in [6, 6.07) is 7.89. The lowest BCUT2D eigenvalue weighted by Crippen LogP contribution is -2.14. The Hall–Kier alpha value is -1.87. The zero-order chi connectivity index (χ0) is 14.2. The molecule has 1 atom stereocenters. The van der Waals surface area contributed by atoms with Gasteiger partial charge in [0.05, 0.1) is 0 Å². The Balaban J connectivity index is 2.01. The molecule has 3 nitrogen and oxygen atoms in total. The molecule has 0 spiro atoms. The van der Waals surface area contributed by atoms with Crippen molar-refractivity contribution in [2.75, 3.05) is 6.54 Å². The van der Waals surface area contributed by atoms with Gasteiger partial charge >= 0.3 is 0 Å². The van der Waals surface area contributed by atoms with Crippen LogP contribution in [-0.4, -0.2) is 18.9 Å². The molecule has 106 valence electrons. The lowest BCUT2D eigenvalue weighted by molar-refractivity contribution is 0.252. The van der Waals surface area contributed by atoms with Crippen LogP contribution in [0.25, 0.3) is 0 Å². The Labute approximate surface area is 120 Å². The molecule has 0 fully saturated rings. The van der Waals surface area contributed by atoms with Crippen LogP contribution in [0, 0.1) is 0 Å². The molecule has 3 heteroatoms. The molecule has 0 saturated carbocycles. The van der Waals surface area contributed by atoms with E-state index in [1.807, 2.05) is 30.5 Å². The number of nitrogens with zero attached hydrogens (tertiary/aromatic N) is 1. The van der Waals surface area contributed by atoms with Gasteiger partial charge in [-0.15, -0.1) is 0 Å². The van der Waals surface area contributed by atoms with Crippen LogP contribution < -0.4 is 10.5 Å². The van der Waals surface area contributed by atoms with Crippen molar-refractivity contribution in [1.82, 2.24) is 0 Å². The maximum atomic E-state index is 6.02. The van der Waals surface area contributed by atoms with Gasteiger partial charge in [0.25, 0.3) is 0 Å². The predicted molar refractivity (Wildman–Crippen MR) is 84.8 cm³/mol. The van der Waals surface area contributed by atoms with E-state index in [0.717, 1.165) is 30.7 Å². The number of aliphatic imine (C=N–C) groups is 1. The van der Waals surface area contributed by atoms with Crippen molar-refractivity contribution in [2.45, 2.75) is 32.3 Å². The minimum absolute atomic E-state index is 0.0964. The third kappa shape index (κ3) is 4.35. The van der Waals surface area contributed by atoms with Gasteiger partial charge in [-0.25, -0.2) is 0 Å². The van der Waals surface area contributed by atoms with Gasteiger partial charge < -0.3 is 10.5 Å². The molecule has 0 amide bonds. The minimum Gasteiger partial charge on any atom is -0.484 e.